The summed E-state index contributed by atoms with van der Waals surface area (Å²) in [7, 11) is 0. The van der Waals surface area contributed by atoms with Crippen molar-refractivity contribution in [3.05, 3.63) is 60.2 Å². The van der Waals surface area contributed by atoms with Gasteiger partial charge >= 0.3 is 0 Å². The highest BCUT2D eigenvalue weighted by Gasteiger charge is 2.31. The van der Waals surface area contributed by atoms with E-state index in [-0.39, 0.29) is 11.2 Å². The Kier molecular flexibility index (Phi) is 3.27. The minimum atomic E-state index is -0.556. The lowest BCUT2D eigenvalue weighted by Gasteiger charge is -2.19. The van der Waals surface area contributed by atoms with Crippen LogP contribution in [0.4, 0.5) is 5.69 Å². The quantitative estimate of drug-likeness (QED) is 0.837. The molecule has 0 fully saturated rings. The van der Waals surface area contributed by atoms with Crippen molar-refractivity contribution in [1.29, 1.82) is 0 Å². The summed E-state index contributed by atoms with van der Waals surface area (Å²) in [6.07, 6.45) is 0. The van der Waals surface area contributed by atoms with Crippen LogP contribution in [0.25, 0.3) is 0 Å². The third-order valence-corrected chi connectivity index (χ3v) is 4.59. The van der Waals surface area contributed by atoms with E-state index in [2.05, 4.69) is 5.32 Å². The number of para-hydroxylation sites is 1. The number of benzene rings is 2. The predicted octanol–water partition coefficient (Wildman–Crippen LogP) is 2.80. The first kappa shape index (κ1) is 12.3. The number of hydrogen-bond acceptors (Lipinski definition) is 3. The van der Waals surface area contributed by atoms with Gasteiger partial charge in [-0.1, -0.05) is 42.5 Å². The molecule has 2 atom stereocenters. The predicted molar refractivity (Wildman–Crippen MR) is 78.1 cm³/mol. The van der Waals surface area contributed by atoms with E-state index in [9.17, 15) is 4.79 Å². The molecular weight excluding hydrogens is 256 g/mol. The molecule has 0 aliphatic carbocycles. The van der Waals surface area contributed by atoms with Gasteiger partial charge in [0.15, 0.2) is 0 Å². The maximum Gasteiger partial charge on any atom is 0.242 e. The molecule has 0 unspecified atom stereocenters. The van der Waals surface area contributed by atoms with E-state index in [0.29, 0.717) is 0 Å². The average Bonchev–Trinajstić information content (AvgIpc) is 2.58. The zero-order chi connectivity index (χ0) is 13.2. The number of rotatable bonds is 1. The number of carbonyl (C=O) groups excluding carboxylic acids is 1. The van der Waals surface area contributed by atoms with Crippen LogP contribution in [0.15, 0.2) is 59.5 Å². The molecule has 1 heterocycles. The molecule has 0 saturated carbocycles. The highest BCUT2D eigenvalue weighted by Crippen LogP contribution is 2.42. The molecule has 0 spiro atoms. The maximum atomic E-state index is 12.1. The standard InChI is InChI=1S/C15H14N2OS/c16-13-14(10-6-2-1-3-7-10)19-12-9-5-4-8-11(12)17-15(13)18/h1-9,13-14H,16H2,(H,17,18)/t13-,14-/m0/s1. The number of hydrogen-bond donors (Lipinski definition) is 2. The lowest BCUT2D eigenvalue weighted by atomic mass is 10.1. The molecule has 1 aliphatic rings. The lowest BCUT2D eigenvalue weighted by molar-refractivity contribution is -0.117. The third kappa shape index (κ3) is 2.37. The number of amides is 1. The van der Waals surface area contributed by atoms with Gasteiger partial charge in [0.2, 0.25) is 5.91 Å². The van der Waals surface area contributed by atoms with Crippen LogP contribution < -0.4 is 11.1 Å². The average molecular weight is 270 g/mol. The van der Waals surface area contributed by atoms with Gasteiger partial charge in [-0.25, -0.2) is 0 Å². The first-order valence-corrected chi connectivity index (χ1v) is 7.01. The summed E-state index contributed by atoms with van der Waals surface area (Å²) in [5.74, 6) is -0.133. The van der Waals surface area contributed by atoms with Gasteiger partial charge in [0.05, 0.1) is 10.9 Å². The normalized spacial score (nSPS) is 22.3. The summed E-state index contributed by atoms with van der Waals surface area (Å²) >= 11 is 1.63. The Morgan fingerprint density at radius 3 is 2.47 bits per heavy atom. The van der Waals surface area contributed by atoms with Gasteiger partial charge in [0.1, 0.15) is 6.04 Å². The zero-order valence-corrected chi connectivity index (χ0v) is 11.1. The number of thioether (sulfide) groups is 1. The van der Waals surface area contributed by atoms with Crippen LogP contribution in [-0.4, -0.2) is 11.9 Å². The fourth-order valence-corrected chi connectivity index (χ4v) is 3.39. The first-order chi connectivity index (χ1) is 9.25. The van der Waals surface area contributed by atoms with E-state index in [0.717, 1.165) is 16.1 Å². The molecule has 2 aromatic carbocycles. The second kappa shape index (κ2) is 5.07. The Morgan fingerprint density at radius 1 is 1.00 bits per heavy atom. The minimum Gasteiger partial charge on any atom is -0.324 e. The van der Waals surface area contributed by atoms with Crippen molar-refractivity contribution in [2.45, 2.75) is 16.2 Å². The second-order valence-corrected chi connectivity index (χ2v) is 5.64. The van der Waals surface area contributed by atoms with Crippen molar-refractivity contribution in [3.63, 3.8) is 0 Å². The topological polar surface area (TPSA) is 55.1 Å². The van der Waals surface area contributed by atoms with Gasteiger partial charge in [-0.15, -0.1) is 11.8 Å². The molecule has 0 aromatic heterocycles. The summed E-state index contributed by atoms with van der Waals surface area (Å²) in [5, 5.41) is 2.82. The highest BCUT2D eigenvalue weighted by atomic mass is 32.2. The SMILES string of the molecule is N[C@@H]1C(=O)Nc2ccccc2S[C@H]1c1ccccc1. The van der Waals surface area contributed by atoms with Crippen molar-refractivity contribution in [3.8, 4) is 0 Å². The molecule has 0 bridgehead atoms. The first-order valence-electron chi connectivity index (χ1n) is 6.13. The monoisotopic (exact) mass is 270 g/mol. The Labute approximate surface area is 116 Å². The fraction of sp³-hybridized carbons (Fsp3) is 0.133. The number of anilines is 1. The molecule has 2 aromatic rings. The molecule has 96 valence electrons. The summed E-state index contributed by atoms with van der Waals surface area (Å²) in [6.45, 7) is 0. The van der Waals surface area contributed by atoms with Gasteiger partial charge < -0.3 is 11.1 Å². The van der Waals surface area contributed by atoms with Gasteiger partial charge in [0, 0.05) is 4.90 Å². The Morgan fingerprint density at radius 2 is 1.68 bits per heavy atom. The Balaban J connectivity index is 2.03. The maximum absolute atomic E-state index is 12.1. The van der Waals surface area contributed by atoms with Crippen LogP contribution >= 0.6 is 11.8 Å². The van der Waals surface area contributed by atoms with Crippen LogP contribution in [0, 0.1) is 0 Å². The number of nitrogens with two attached hydrogens (primary N) is 1. The second-order valence-electron chi connectivity index (χ2n) is 4.46. The van der Waals surface area contributed by atoms with Crippen LogP contribution in [0.5, 0.6) is 0 Å². The van der Waals surface area contributed by atoms with Crippen molar-refractivity contribution in [1.82, 2.24) is 0 Å². The smallest absolute Gasteiger partial charge is 0.242 e. The van der Waals surface area contributed by atoms with E-state index in [1.54, 1.807) is 11.8 Å². The largest absolute Gasteiger partial charge is 0.324 e. The van der Waals surface area contributed by atoms with Gasteiger partial charge in [-0.2, -0.15) is 0 Å². The molecule has 0 saturated heterocycles. The van der Waals surface area contributed by atoms with Crippen molar-refractivity contribution in [2.75, 3.05) is 5.32 Å². The number of carbonyl (C=O) groups is 1. The van der Waals surface area contributed by atoms with Crippen LogP contribution in [-0.2, 0) is 4.79 Å². The third-order valence-electron chi connectivity index (χ3n) is 3.16. The number of fused-ring (bicyclic) bond motifs is 1. The molecule has 1 amide bonds. The number of nitrogens with one attached hydrogen (secondary N) is 1. The van der Waals surface area contributed by atoms with Gasteiger partial charge in [-0.3, -0.25) is 4.79 Å². The molecule has 4 heteroatoms. The zero-order valence-electron chi connectivity index (χ0n) is 10.2. The molecule has 3 rings (SSSR count). The summed E-state index contributed by atoms with van der Waals surface area (Å²) in [6, 6.07) is 17.2. The van der Waals surface area contributed by atoms with E-state index in [1.165, 1.54) is 0 Å². The van der Waals surface area contributed by atoms with E-state index in [1.807, 2.05) is 54.6 Å². The molecule has 3 N–H and O–H groups in total. The van der Waals surface area contributed by atoms with Crippen molar-refractivity contribution >= 4 is 23.4 Å². The van der Waals surface area contributed by atoms with E-state index >= 15 is 0 Å². The van der Waals surface area contributed by atoms with Crippen LogP contribution in [0.2, 0.25) is 0 Å². The Bertz CT molecular complexity index is 600. The van der Waals surface area contributed by atoms with Gasteiger partial charge in [0.25, 0.3) is 0 Å². The minimum absolute atomic E-state index is 0.0650. The van der Waals surface area contributed by atoms with Crippen LogP contribution in [0.1, 0.15) is 10.8 Å². The molecular formula is C15H14N2OS. The lowest BCUT2D eigenvalue weighted by Crippen LogP contribution is -2.38. The van der Waals surface area contributed by atoms with Crippen molar-refractivity contribution < 1.29 is 4.79 Å². The van der Waals surface area contributed by atoms with Gasteiger partial charge in [-0.05, 0) is 17.7 Å². The molecule has 0 radical (unpaired) electrons. The highest BCUT2D eigenvalue weighted by molar-refractivity contribution is 7.99. The summed E-state index contributed by atoms with van der Waals surface area (Å²) in [5.41, 5.74) is 8.02. The fourth-order valence-electron chi connectivity index (χ4n) is 2.15. The molecule has 1 aliphatic heterocycles. The van der Waals surface area contributed by atoms with E-state index in [4.69, 9.17) is 5.73 Å². The van der Waals surface area contributed by atoms with E-state index < -0.39 is 6.04 Å². The Hall–Kier alpha value is -1.78. The van der Waals surface area contributed by atoms with Crippen molar-refractivity contribution in [2.24, 2.45) is 5.73 Å². The summed E-state index contributed by atoms with van der Waals surface area (Å²) < 4.78 is 0. The summed E-state index contributed by atoms with van der Waals surface area (Å²) in [4.78, 5) is 13.2. The molecule has 3 nitrogen and oxygen atoms in total. The van der Waals surface area contributed by atoms with Crippen LogP contribution in [0.3, 0.4) is 0 Å². The molecule has 19 heavy (non-hydrogen) atoms.